The van der Waals surface area contributed by atoms with Gasteiger partial charge in [-0.3, -0.25) is 20.4 Å². The molecule has 2 N–H and O–H groups in total. The van der Waals surface area contributed by atoms with Crippen LogP contribution in [0.5, 0.6) is 5.75 Å². The Morgan fingerprint density at radius 1 is 0.833 bits per heavy atom. The van der Waals surface area contributed by atoms with Gasteiger partial charge in [0.05, 0.1) is 0 Å². The van der Waals surface area contributed by atoms with E-state index in [0.29, 0.717) is 18.6 Å². The lowest BCUT2D eigenvalue weighted by molar-refractivity contribution is -0.130. The number of ether oxygens (including phenoxy) is 1. The molecule has 3 aromatic carbocycles. The molecule has 5 heteroatoms. The van der Waals surface area contributed by atoms with Gasteiger partial charge in [-0.05, 0) is 43.0 Å². The summed E-state index contributed by atoms with van der Waals surface area (Å²) < 4.78 is 5.68. The number of carbonyl (C=O) groups is 2. The largest absolute Gasteiger partial charge is 0.483 e. The summed E-state index contributed by atoms with van der Waals surface area (Å²) in [7, 11) is 0. The standard InChI is InChI=1S/C25H26N2O3/c1-18-12-13-20(19(2)16-18)14-15-24(28)26-27-25(29)17-30-23-11-7-6-10-22(23)21-8-4-3-5-9-21/h3-13,16H,14-15,17H2,1-2H3,(H,26,28)(H,27,29). The van der Waals surface area contributed by atoms with Gasteiger partial charge in [0.15, 0.2) is 6.61 Å². The van der Waals surface area contributed by atoms with E-state index in [1.807, 2.05) is 80.6 Å². The van der Waals surface area contributed by atoms with Crippen LogP contribution in [0.4, 0.5) is 0 Å². The van der Waals surface area contributed by atoms with Gasteiger partial charge in [-0.1, -0.05) is 72.3 Å². The molecule has 2 amide bonds. The van der Waals surface area contributed by atoms with E-state index in [1.54, 1.807) is 0 Å². The molecular formula is C25H26N2O3. The van der Waals surface area contributed by atoms with Crippen LogP contribution in [0.1, 0.15) is 23.1 Å². The van der Waals surface area contributed by atoms with Gasteiger partial charge >= 0.3 is 0 Å². The highest BCUT2D eigenvalue weighted by Crippen LogP contribution is 2.29. The minimum absolute atomic E-state index is 0.193. The number of nitrogens with one attached hydrogen (secondary N) is 2. The molecule has 3 aromatic rings. The van der Waals surface area contributed by atoms with Crippen LogP contribution < -0.4 is 15.6 Å². The summed E-state index contributed by atoms with van der Waals surface area (Å²) in [5.74, 6) is -0.0502. The molecule has 0 saturated carbocycles. The molecule has 0 saturated heterocycles. The van der Waals surface area contributed by atoms with Crippen molar-refractivity contribution in [3.63, 3.8) is 0 Å². The van der Waals surface area contributed by atoms with Gasteiger partial charge in [0.2, 0.25) is 5.91 Å². The van der Waals surface area contributed by atoms with Crippen molar-refractivity contribution in [2.24, 2.45) is 0 Å². The SMILES string of the molecule is Cc1ccc(CCC(=O)NNC(=O)COc2ccccc2-c2ccccc2)c(C)c1. The number of hydrogen-bond acceptors (Lipinski definition) is 3. The second-order valence-corrected chi connectivity index (χ2v) is 7.18. The molecule has 0 aliphatic rings. The molecule has 0 unspecified atom stereocenters. The molecule has 3 rings (SSSR count). The Kier molecular flexibility index (Phi) is 7.22. The summed E-state index contributed by atoms with van der Waals surface area (Å²) in [4.78, 5) is 24.1. The van der Waals surface area contributed by atoms with E-state index in [2.05, 4.69) is 16.9 Å². The van der Waals surface area contributed by atoms with Gasteiger partial charge in [0.25, 0.3) is 5.91 Å². The topological polar surface area (TPSA) is 67.4 Å². The molecule has 0 aromatic heterocycles. The minimum atomic E-state index is -0.419. The second kappa shape index (κ2) is 10.3. The summed E-state index contributed by atoms with van der Waals surface area (Å²) in [6, 6.07) is 23.5. The zero-order valence-corrected chi connectivity index (χ0v) is 17.3. The number of rotatable bonds is 7. The van der Waals surface area contributed by atoms with Crippen molar-refractivity contribution >= 4 is 11.8 Å². The predicted molar refractivity (Wildman–Crippen MR) is 118 cm³/mol. The maximum absolute atomic E-state index is 12.1. The molecule has 0 heterocycles. The molecule has 0 bridgehead atoms. The van der Waals surface area contributed by atoms with Crippen LogP contribution in [0.15, 0.2) is 72.8 Å². The number of aryl methyl sites for hydroxylation is 3. The summed E-state index contributed by atoms with van der Waals surface area (Å²) in [5, 5.41) is 0. The van der Waals surface area contributed by atoms with Crippen molar-refractivity contribution in [1.29, 1.82) is 0 Å². The molecule has 5 nitrogen and oxygen atoms in total. The third-order valence-electron chi connectivity index (χ3n) is 4.79. The van der Waals surface area contributed by atoms with E-state index in [9.17, 15) is 9.59 Å². The highest BCUT2D eigenvalue weighted by molar-refractivity contribution is 5.83. The lowest BCUT2D eigenvalue weighted by Gasteiger charge is -2.12. The molecule has 0 atom stereocenters. The van der Waals surface area contributed by atoms with Crippen LogP contribution in [0, 0.1) is 13.8 Å². The molecule has 30 heavy (non-hydrogen) atoms. The zero-order valence-electron chi connectivity index (χ0n) is 17.3. The number of carbonyl (C=O) groups excluding carboxylic acids is 2. The Labute approximate surface area is 177 Å². The zero-order chi connectivity index (χ0) is 21.3. The number of hydrogen-bond donors (Lipinski definition) is 2. The summed E-state index contributed by atoms with van der Waals surface area (Å²) >= 11 is 0. The molecular weight excluding hydrogens is 376 g/mol. The normalized spacial score (nSPS) is 10.3. The highest BCUT2D eigenvalue weighted by Gasteiger charge is 2.10. The second-order valence-electron chi connectivity index (χ2n) is 7.18. The first kappa shape index (κ1) is 21.1. The summed E-state index contributed by atoms with van der Waals surface area (Å²) in [6.07, 6.45) is 0.913. The van der Waals surface area contributed by atoms with E-state index in [4.69, 9.17) is 4.74 Å². The van der Waals surface area contributed by atoms with Gasteiger partial charge < -0.3 is 4.74 Å². The van der Waals surface area contributed by atoms with Crippen molar-refractivity contribution in [2.75, 3.05) is 6.61 Å². The van der Waals surface area contributed by atoms with Crippen LogP contribution in [0.2, 0.25) is 0 Å². The average molecular weight is 402 g/mol. The Balaban J connectivity index is 1.46. The molecule has 154 valence electrons. The maximum Gasteiger partial charge on any atom is 0.276 e. The first-order valence-electron chi connectivity index (χ1n) is 9.94. The molecule has 0 aliphatic heterocycles. The predicted octanol–water partition coefficient (Wildman–Crippen LogP) is 4.13. The van der Waals surface area contributed by atoms with E-state index in [1.165, 1.54) is 5.56 Å². The Morgan fingerprint density at radius 2 is 1.53 bits per heavy atom. The van der Waals surface area contributed by atoms with Crippen LogP contribution >= 0.6 is 0 Å². The Bertz CT molecular complexity index is 1020. The quantitative estimate of drug-likeness (QED) is 0.584. The van der Waals surface area contributed by atoms with Gasteiger partial charge in [-0.25, -0.2) is 0 Å². The van der Waals surface area contributed by atoms with Crippen molar-refractivity contribution in [3.05, 3.63) is 89.5 Å². The Morgan fingerprint density at radius 3 is 2.30 bits per heavy atom. The van der Waals surface area contributed by atoms with Gasteiger partial charge in [-0.15, -0.1) is 0 Å². The average Bonchev–Trinajstić information content (AvgIpc) is 2.76. The highest BCUT2D eigenvalue weighted by atomic mass is 16.5. The Hall–Kier alpha value is -3.60. The van der Waals surface area contributed by atoms with E-state index < -0.39 is 5.91 Å². The maximum atomic E-state index is 12.1. The van der Waals surface area contributed by atoms with Gasteiger partial charge in [0, 0.05) is 12.0 Å². The molecule has 0 fully saturated rings. The molecule has 0 radical (unpaired) electrons. The summed E-state index contributed by atoms with van der Waals surface area (Å²) in [5.41, 5.74) is 10.3. The fourth-order valence-electron chi connectivity index (χ4n) is 3.20. The first-order valence-corrected chi connectivity index (χ1v) is 9.94. The number of benzene rings is 3. The monoisotopic (exact) mass is 402 g/mol. The minimum Gasteiger partial charge on any atom is -0.483 e. The van der Waals surface area contributed by atoms with Crippen LogP contribution in [-0.2, 0) is 16.0 Å². The van der Waals surface area contributed by atoms with E-state index >= 15 is 0 Å². The van der Waals surface area contributed by atoms with Crippen molar-refractivity contribution in [2.45, 2.75) is 26.7 Å². The third kappa shape index (κ3) is 5.95. The van der Waals surface area contributed by atoms with E-state index in [0.717, 1.165) is 22.3 Å². The lowest BCUT2D eigenvalue weighted by atomic mass is 10.0. The van der Waals surface area contributed by atoms with Gasteiger partial charge in [0.1, 0.15) is 5.75 Å². The smallest absolute Gasteiger partial charge is 0.276 e. The van der Waals surface area contributed by atoms with Crippen molar-refractivity contribution in [3.8, 4) is 16.9 Å². The number of amides is 2. The fourth-order valence-corrected chi connectivity index (χ4v) is 3.20. The first-order chi connectivity index (χ1) is 14.5. The van der Waals surface area contributed by atoms with Crippen molar-refractivity contribution < 1.29 is 14.3 Å². The third-order valence-corrected chi connectivity index (χ3v) is 4.79. The van der Waals surface area contributed by atoms with Crippen LogP contribution in [0.25, 0.3) is 11.1 Å². The fraction of sp³-hybridized carbons (Fsp3) is 0.200. The van der Waals surface area contributed by atoms with Crippen LogP contribution in [-0.4, -0.2) is 18.4 Å². The number of hydrazine groups is 1. The molecule has 0 aliphatic carbocycles. The molecule has 0 spiro atoms. The lowest BCUT2D eigenvalue weighted by Crippen LogP contribution is -2.43. The number of para-hydroxylation sites is 1. The summed E-state index contributed by atoms with van der Waals surface area (Å²) in [6.45, 7) is 3.88. The van der Waals surface area contributed by atoms with Crippen LogP contribution in [0.3, 0.4) is 0 Å². The van der Waals surface area contributed by atoms with E-state index in [-0.39, 0.29) is 12.5 Å². The van der Waals surface area contributed by atoms with Crippen molar-refractivity contribution in [1.82, 2.24) is 10.9 Å². The van der Waals surface area contributed by atoms with Gasteiger partial charge in [-0.2, -0.15) is 0 Å².